The predicted octanol–water partition coefficient (Wildman–Crippen LogP) is 2.15. The van der Waals surface area contributed by atoms with Crippen LogP contribution in [-0.2, 0) is 14.9 Å². The maximum atomic E-state index is 11.2. The SMILES string of the molecule is COC(=O)NCC1(c2cccs2)CCOCC1. The highest BCUT2D eigenvalue weighted by atomic mass is 32.1. The molecule has 1 aromatic rings. The highest BCUT2D eigenvalue weighted by molar-refractivity contribution is 7.10. The number of hydrogen-bond donors (Lipinski definition) is 1. The van der Waals surface area contributed by atoms with E-state index in [1.165, 1.54) is 12.0 Å². The Hall–Kier alpha value is -1.07. The summed E-state index contributed by atoms with van der Waals surface area (Å²) in [5, 5.41) is 4.90. The lowest BCUT2D eigenvalue weighted by Crippen LogP contribution is -2.44. The monoisotopic (exact) mass is 255 g/mol. The standard InChI is InChI=1S/C12H17NO3S/c1-15-11(14)13-9-12(4-6-16-7-5-12)10-3-2-8-17-10/h2-3,8H,4-7,9H2,1H3,(H,13,14). The number of carbonyl (C=O) groups is 1. The second kappa shape index (κ2) is 5.51. The molecule has 2 rings (SSSR count). The van der Waals surface area contributed by atoms with Crippen molar-refractivity contribution in [3.8, 4) is 0 Å². The van der Waals surface area contributed by atoms with Crippen LogP contribution in [-0.4, -0.2) is 33.0 Å². The molecule has 1 aromatic heterocycles. The van der Waals surface area contributed by atoms with E-state index in [2.05, 4.69) is 27.6 Å². The zero-order valence-electron chi connectivity index (χ0n) is 9.90. The van der Waals surface area contributed by atoms with Gasteiger partial charge in [-0.05, 0) is 24.3 Å². The van der Waals surface area contributed by atoms with Gasteiger partial charge in [0, 0.05) is 30.1 Å². The van der Waals surface area contributed by atoms with Crippen LogP contribution in [0.2, 0.25) is 0 Å². The minimum absolute atomic E-state index is 0.0145. The van der Waals surface area contributed by atoms with Gasteiger partial charge in [-0.1, -0.05) is 6.07 Å². The third kappa shape index (κ3) is 2.79. The normalized spacial score (nSPS) is 18.6. The van der Waals surface area contributed by atoms with Gasteiger partial charge in [0.2, 0.25) is 0 Å². The van der Waals surface area contributed by atoms with Crippen LogP contribution in [0.1, 0.15) is 17.7 Å². The molecule has 1 saturated heterocycles. The van der Waals surface area contributed by atoms with Gasteiger partial charge in [-0.25, -0.2) is 4.79 Å². The zero-order chi connectivity index (χ0) is 12.1. The lowest BCUT2D eigenvalue weighted by atomic mass is 9.79. The van der Waals surface area contributed by atoms with Gasteiger partial charge in [-0.15, -0.1) is 11.3 Å². The molecule has 5 heteroatoms. The average molecular weight is 255 g/mol. The summed E-state index contributed by atoms with van der Waals surface area (Å²) in [7, 11) is 1.39. The van der Waals surface area contributed by atoms with Crippen molar-refractivity contribution in [2.45, 2.75) is 18.3 Å². The fourth-order valence-corrected chi connectivity index (χ4v) is 3.15. The molecule has 0 unspecified atom stereocenters. The first-order valence-electron chi connectivity index (χ1n) is 5.70. The Bertz CT molecular complexity index is 358. The van der Waals surface area contributed by atoms with Crippen molar-refractivity contribution in [2.24, 2.45) is 0 Å². The van der Waals surface area contributed by atoms with E-state index < -0.39 is 0 Å². The van der Waals surface area contributed by atoms with Crippen LogP contribution >= 0.6 is 11.3 Å². The molecular formula is C12H17NO3S. The first-order valence-corrected chi connectivity index (χ1v) is 6.58. The molecule has 0 atom stereocenters. The number of rotatable bonds is 3. The van der Waals surface area contributed by atoms with Gasteiger partial charge in [0.25, 0.3) is 0 Å². The molecule has 0 aromatic carbocycles. The molecule has 0 bridgehead atoms. The molecule has 0 radical (unpaired) electrons. The summed E-state index contributed by atoms with van der Waals surface area (Å²) < 4.78 is 10.0. The molecule has 1 aliphatic rings. The second-order valence-corrected chi connectivity index (χ2v) is 5.16. The number of nitrogens with one attached hydrogen (secondary N) is 1. The topological polar surface area (TPSA) is 47.6 Å². The number of thiophene rings is 1. The Kier molecular flexibility index (Phi) is 4.02. The van der Waals surface area contributed by atoms with Gasteiger partial charge in [-0.2, -0.15) is 0 Å². The van der Waals surface area contributed by atoms with Crippen LogP contribution < -0.4 is 5.32 Å². The van der Waals surface area contributed by atoms with Gasteiger partial charge < -0.3 is 14.8 Å². The van der Waals surface area contributed by atoms with E-state index in [1.54, 1.807) is 11.3 Å². The highest BCUT2D eigenvalue weighted by Gasteiger charge is 2.35. The summed E-state index contributed by atoms with van der Waals surface area (Å²) in [5.74, 6) is 0. The largest absolute Gasteiger partial charge is 0.453 e. The van der Waals surface area contributed by atoms with Gasteiger partial charge in [0.05, 0.1) is 7.11 Å². The van der Waals surface area contributed by atoms with Gasteiger partial charge >= 0.3 is 6.09 Å². The van der Waals surface area contributed by atoms with Gasteiger partial charge in [-0.3, -0.25) is 0 Å². The minimum atomic E-state index is -0.368. The van der Waals surface area contributed by atoms with Crippen molar-refractivity contribution in [2.75, 3.05) is 26.9 Å². The highest BCUT2D eigenvalue weighted by Crippen LogP contribution is 2.36. The average Bonchev–Trinajstić information content (AvgIpc) is 2.91. The number of methoxy groups -OCH3 is 1. The van der Waals surface area contributed by atoms with Crippen LogP contribution in [0.25, 0.3) is 0 Å². The second-order valence-electron chi connectivity index (χ2n) is 4.22. The predicted molar refractivity (Wildman–Crippen MR) is 66.5 cm³/mol. The van der Waals surface area contributed by atoms with Crippen molar-refractivity contribution in [1.29, 1.82) is 0 Å². The number of ether oxygens (including phenoxy) is 2. The number of amides is 1. The number of alkyl carbamates (subject to hydrolysis) is 1. The first kappa shape index (κ1) is 12.4. The molecule has 2 heterocycles. The summed E-state index contributed by atoms with van der Waals surface area (Å²) >= 11 is 1.74. The molecule has 1 fully saturated rings. The Labute approximate surface area is 105 Å². The quantitative estimate of drug-likeness (QED) is 0.900. The molecular weight excluding hydrogens is 238 g/mol. The van der Waals surface area contributed by atoms with Crippen LogP contribution in [0.15, 0.2) is 17.5 Å². The summed E-state index contributed by atoms with van der Waals surface area (Å²) in [6, 6.07) is 4.18. The molecule has 4 nitrogen and oxygen atoms in total. The van der Waals surface area contributed by atoms with Crippen LogP contribution in [0, 0.1) is 0 Å². The third-order valence-corrected chi connectivity index (χ3v) is 4.37. The lowest BCUT2D eigenvalue weighted by Gasteiger charge is -2.36. The summed E-state index contributed by atoms with van der Waals surface area (Å²) in [6.45, 7) is 2.12. The first-order chi connectivity index (χ1) is 8.27. The maximum absolute atomic E-state index is 11.2. The van der Waals surface area contributed by atoms with Crippen molar-refractivity contribution in [3.05, 3.63) is 22.4 Å². The minimum Gasteiger partial charge on any atom is -0.453 e. The van der Waals surface area contributed by atoms with Crippen molar-refractivity contribution in [1.82, 2.24) is 5.32 Å². The molecule has 1 aliphatic heterocycles. The Morgan fingerprint density at radius 1 is 1.59 bits per heavy atom. The molecule has 1 amide bonds. The van der Waals surface area contributed by atoms with Gasteiger partial charge in [0.1, 0.15) is 0 Å². The van der Waals surface area contributed by atoms with E-state index in [9.17, 15) is 4.79 Å². The van der Waals surface area contributed by atoms with Crippen molar-refractivity contribution < 1.29 is 14.3 Å². The Morgan fingerprint density at radius 2 is 2.35 bits per heavy atom. The summed E-state index contributed by atoms with van der Waals surface area (Å²) in [4.78, 5) is 12.5. The molecule has 17 heavy (non-hydrogen) atoms. The van der Waals surface area contributed by atoms with E-state index in [0.717, 1.165) is 26.1 Å². The Balaban J connectivity index is 2.10. The number of hydrogen-bond acceptors (Lipinski definition) is 4. The van der Waals surface area contributed by atoms with Gasteiger partial charge in [0.15, 0.2) is 0 Å². The van der Waals surface area contributed by atoms with E-state index in [0.29, 0.717) is 6.54 Å². The lowest BCUT2D eigenvalue weighted by molar-refractivity contribution is 0.0506. The number of carbonyl (C=O) groups excluding carboxylic acids is 1. The van der Waals surface area contributed by atoms with E-state index >= 15 is 0 Å². The third-order valence-electron chi connectivity index (χ3n) is 3.25. The molecule has 0 saturated carbocycles. The van der Waals surface area contributed by atoms with E-state index in [1.807, 2.05) is 0 Å². The molecule has 1 N–H and O–H groups in total. The van der Waals surface area contributed by atoms with Crippen LogP contribution in [0.5, 0.6) is 0 Å². The summed E-state index contributed by atoms with van der Waals surface area (Å²) in [5.41, 5.74) is 0.0145. The van der Waals surface area contributed by atoms with E-state index in [-0.39, 0.29) is 11.5 Å². The Morgan fingerprint density at radius 3 is 2.94 bits per heavy atom. The fraction of sp³-hybridized carbons (Fsp3) is 0.583. The molecule has 0 spiro atoms. The van der Waals surface area contributed by atoms with Crippen molar-refractivity contribution in [3.63, 3.8) is 0 Å². The summed E-state index contributed by atoms with van der Waals surface area (Å²) in [6.07, 6.45) is 1.52. The van der Waals surface area contributed by atoms with Crippen LogP contribution in [0.4, 0.5) is 4.79 Å². The maximum Gasteiger partial charge on any atom is 0.406 e. The van der Waals surface area contributed by atoms with E-state index in [4.69, 9.17) is 4.74 Å². The zero-order valence-corrected chi connectivity index (χ0v) is 10.7. The fourth-order valence-electron chi connectivity index (χ4n) is 2.17. The smallest absolute Gasteiger partial charge is 0.406 e. The molecule has 0 aliphatic carbocycles. The van der Waals surface area contributed by atoms with Crippen LogP contribution in [0.3, 0.4) is 0 Å². The molecule has 94 valence electrons. The van der Waals surface area contributed by atoms with Crippen molar-refractivity contribution >= 4 is 17.4 Å².